The molecule has 1 aromatic heterocycles. The van der Waals surface area contributed by atoms with E-state index in [0.29, 0.717) is 23.0 Å². The van der Waals surface area contributed by atoms with Gasteiger partial charge in [-0.15, -0.1) is 13.2 Å². The van der Waals surface area contributed by atoms with Crippen molar-refractivity contribution in [1.82, 2.24) is 9.97 Å². The lowest BCUT2D eigenvalue weighted by Gasteiger charge is -2.14. The number of nitrogens with one attached hydrogen (secondary N) is 2. The Bertz CT molecular complexity index is 972. The van der Waals surface area contributed by atoms with Crippen LogP contribution in [0.25, 0.3) is 11.3 Å². The molecule has 2 aromatic carbocycles. The monoisotopic (exact) mass is 402 g/mol. The van der Waals surface area contributed by atoms with Gasteiger partial charge in [0.25, 0.3) is 0 Å². The van der Waals surface area contributed by atoms with E-state index in [-0.39, 0.29) is 11.8 Å². The van der Waals surface area contributed by atoms with Crippen LogP contribution in [0.4, 0.5) is 30.6 Å². The summed E-state index contributed by atoms with van der Waals surface area (Å²) < 4.78 is 41.7. The average molecular weight is 402 g/mol. The Balaban J connectivity index is 1.97. The summed E-state index contributed by atoms with van der Waals surface area (Å²) in [4.78, 5) is 8.89. The summed E-state index contributed by atoms with van der Waals surface area (Å²) >= 11 is 0. The Morgan fingerprint density at radius 2 is 1.69 bits per heavy atom. The number of hydrogen-bond donors (Lipinski definition) is 2. The lowest BCUT2D eigenvalue weighted by molar-refractivity contribution is -0.274. The van der Waals surface area contributed by atoms with Gasteiger partial charge >= 0.3 is 6.36 Å². The third-order valence-electron chi connectivity index (χ3n) is 3.83. The van der Waals surface area contributed by atoms with Crippen molar-refractivity contribution in [2.45, 2.75) is 33.2 Å². The van der Waals surface area contributed by atoms with Crippen LogP contribution in [0.5, 0.6) is 5.75 Å². The number of benzene rings is 2. The van der Waals surface area contributed by atoms with Crippen LogP contribution in [-0.2, 0) is 0 Å². The molecule has 152 valence electrons. The Labute approximate surface area is 167 Å². The first-order chi connectivity index (χ1) is 13.7. The Morgan fingerprint density at radius 1 is 0.966 bits per heavy atom. The summed E-state index contributed by atoms with van der Waals surface area (Å²) in [5.41, 5.74) is 2.91. The van der Waals surface area contributed by atoms with Crippen LogP contribution >= 0.6 is 0 Å². The lowest BCUT2D eigenvalue weighted by atomic mass is 10.1. The number of aromatic nitrogens is 2. The fourth-order valence-electron chi connectivity index (χ4n) is 2.62. The fraction of sp³-hybridized carbons (Fsp3) is 0.238. The Morgan fingerprint density at radius 3 is 2.34 bits per heavy atom. The molecule has 0 atom stereocenters. The molecule has 0 unspecified atom stereocenters. The maximum absolute atomic E-state index is 12.5. The van der Waals surface area contributed by atoms with Crippen molar-refractivity contribution < 1.29 is 17.9 Å². The number of hydrogen-bond acceptors (Lipinski definition) is 5. The van der Waals surface area contributed by atoms with E-state index in [1.165, 1.54) is 18.2 Å². The number of anilines is 3. The maximum Gasteiger partial charge on any atom is 0.573 e. The molecule has 0 spiro atoms. The molecule has 3 rings (SSSR count). The molecule has 0 radical (unpaired) electrons. The summed E-state index contributed by atoms with van der Waals surface area (Å²) in [7, 11) is 0. The number of ether oxygens (including phenoxy) is 1. The van der Waals surface area contributed by atoms with Crippen LogP contribution in [0.3, 0.4) is 0 Å². The van der Waals surface area contributed by atoms with Crippen LogP contribution in [0, 0.1) is 6.92 Å². The molecule has 0 aliphatic rings. The van der Waals surface area contributed by atoms with Crippen molar-refractivity contribution in [2.24, 2.45) is 0 Å². The zero-order chi connectivity index (χ0) is 21.0. The second-order valence-corrected chi connectivity index (χ2v) is 6.83. The Hall–Kier alpha value is -3.29. The van der Waals surface area contributed by atoms with E-state index in [1.54, 1.807) is 12.1 Å². The van der Waals surface area contributed by atoms with Gasteiger partial charge in [0.15, 0.2) is 0 Å². The lowest BCUT2D eigenvalue weighted by Crippen LogP contribution is -2.17. The van der Waals surface area contributed by atoms with Crippen LogP contribution in [0.15, 0.2) is 54.6 Å². The third kappa shape index (κ3) is 6.10. The molecule has 1 heterocycles. The minimum absolute atomic E-state index is 0.0809. The number of alkyl halides is 3. The molecular formula is C21H21F3N4O. The zero-order valence-corrected chi connectivity index (χ0v) is 16.2. The predicted molar refractivity (Wildman–Crippen MR) is 107 cm³/mol. The molecule has 0 bridgehead atoms. The topological polar surface area (TPSA) is 59.1 Å². The van der Waals surface area contributed by atoms with Gasteiger partial charge in [0, 0.05) is 23.4 Å². The van der Waals surface area contributed by atoms with Gasteiger partial charge < -0.3 is 15.4 Å². The Kier molecular flexibility index (Phi) is 5.91. The van der Waals surface area contributed by atoms with E-state index < -0.39 is 6.36 Å². The SMILES string of the molecule is Cc1ccc(Nc2cc(-c3cccc(OC(F)(F)F)c3)nc(NC(C)C)n2)cc1. The number of halogens is 3. The molecule has 29 heavy (non-hydrogen) atoms. The van der Waals surface area contributed by atoms with E-state index in [2.05, 4.69) is 25.3 Å². The zero-order valence-electron chi connectivity index (χ0n) is 16.2. The molecule has 2 N–H and O–H groups in total. The molecule has 3 aromatic rings. The standard InChI is InChI=1S/C21H21F3N4O/c1-13(2)25-20-27-18(15-5-4-6-17(11-15)29-21(22,23)24)12-19(28-20)26-16-9-7-14(3)8-10-16/h4-13H,1-3H3,(H2,25,26,27,28). The second-order valence-electron chi connectivity index (χ2n) is 6.83. The van der Waals surface area contributed by atoms with Gasteiger partial charge in [-0.1, -0.05) is 29.8 Å². The van der Waals surface area contributed by atoms with Crippen molar-refractivity contribution >= 4 is 17.5 Å². The molecule has 8 heteroatoms. The summed E-state index contributed by atoms with van der Waals surface area (Å²) in [5.74, 6) is 0.582. The van der Waals surface area contributed by atoms with Gasteiger partial charge in [0.2, 0.25) is 5.95 Å². The van der Waals surface area contributed by atoms with Crippen molar-refractivity contribution in [2.75, 3.05) is 10.6 Å². The first-order valence-corrected chi connectivity index (χ1v) is 9.03. The van der Waals surface area contributed by atoms with E-state index in [4.69, 9.17) is 0 Å². The number of rotatable bonds is 6. The molecule has 0 saturated carbocycles. The van der Waals surface area contributed by atoms with Crippen molar-refractivity contribution in [3.8, 4) is 17.0 Å². The van der Waals surface area contributed by atoms with Gasteiger partial charge in [-0.3, -0.25) is 0 Å². The van der Waals surface area contributed by atoms with Crippen molar-refractivity contribution in [3.63, 3.8) is 0 Å². The number of nitrogens with zero attached hydrogens (tertiary/aromatic N) is 2. The van der Waals surface area contributed by atoms with Gasteiger partial charge in [-0.2, -0.15) is 4.98 Å². The summed E-state index contributed by atoms with van der Waals surface area (Å²) in [5, 5.41) is 6.34. The van der Waals surface area contributed by atoms with Crippen LogP contribution in [0.1, 0.15) is 19.4 Å². The highest BCUT2D eigenvalue weighted by Crippen LogP contribution is 2.29. The molecule has 5 nitrogen and oxygen atoms in total. The third-order valence-corrected chi connectivity index (χ3v) is 3.83. The highest BCUT2D eigenvalue weighted by Gasteiger charge is 2.31. The van der Waals surface area contributed by atoms with Crippen LogP contribution in [-0.4, -0.2) is 22.4 Å². The largest absolute Gasteiger partial charge is 0.573 e. The molecule has 0 amide bonds. The molecule has 0 saturated heterocycles. The fourth-order valence-corrected chi connectivity index (χ4v) is 2.62. The summed E-state index contributed by atoms with van der Waals surface area (Å²) in [6.07, 6.45) is -4.76. The van der Waals surface area contributed by atoms with Crippen molar-refractivity contribution in [1.29, 1.82) is 0 Å². The summed E-state index contributed by atoms with van der Waals surface area (Å²) in [6.45, 7) is 5.88. The van der Waals surface area contributed by atoms with Gasteiger partial charge in [-0.05, 0) is 45.0 Å². The van der Waals surface area contributed by atoms with Gasteiger partial charge in [0.05, 0.1) is 5.69 Å². The maximum atomic E-state index is 12.5. The van der Waals surface area contributed by atoms with Crippen LogP contribution < -0.4 is 15.4 Å². The van der Waals surface area contributed by atoms with Gasteiger partial charge in [-0.25, -0.2) is 4.98 Å². The quantitative estimate of drug-likeness (QED) is 0.536. The predicted octanol–water partition coefficient (Wildman–Crippen LogP) is 5.91. The highest BCUT2D eigenvalue weighted by atomic mass is 19.4. The van der Waals surface area contributed by atoms with Gasteiger partial charge in [0.1, 0.15) is 11.6 Å². The molecule has 0 aliphatic heterocycles. The normalized spacial score (nSPS) is 11.4. The first-order valence-electron chi connectivity index (χ1n) is 9.03. The van der Waals surface area contributed by atoms with E-state index in [0.717, 1.165) is 11.3 Å². The highest BCUT2D eigenvalue weighted by molar-refractivity contribution is 5.68. The average Bonchev–Trinajstić information content (AvgIpc) is 2.62. The molecule has 0 fully saturated rings. The summed E-state index contributed by atoms with van der Waals surface area (Å²) in [6, 6.07) is 15.2. The van der Waals surface area contributed by atoms with E-state index in [9.17, 15) is 13.2 Å². The van der Waals surface area contributed by atoms with E-state index in [1.807, 2.05) is 45.0 Å². The molecular weight excluding hydrogens is 381 g/mol. The van der Waals surface area contributed by atoms with Crippen molar-refractivity contribution in [3.05, 3.63) is 60.2 Å². The smallest absolute Gasteiger partial charge is 0.406 e. The van der Waals surface area contributed by atoms with Crippen LogP contribution in [0.2, 0.25) is 0 Å². The number of aryl methyl sites for hydroxylation is 1. The minimum Gasteiger partial charge on any atom is -0.406 e. The van der Waals surface area contributed by atoms with E-state index >= 15 is 0 Å². The minimum atomic E-state index is -4.76. The molecule has 0 aliphatic carbocycles. The first kappa shape index (κ1) is 20.4. The second kappa shape index (κ2) is 8.38.